The fourth-order valence-electron chi connectivity index (χ4n) is 5.20. The van der Waals surface area contributed by atoms with Crippen molar-refractivity contribution in [3.8, 4) is 17.6 Å². The van der Waals surface area contributed by atoms with Crippen molar-refractivity contribution in [2.24, 2.45) is 0 Å². The zero-order chi connectivity index (χ0) is 30.5. The number of amides is 2. The van der Waals surface area contributed by atoms with E-state index in [0.29, 0.717) is 24.0 Å². The molecule has 0 unspecified atom stereocenters. The molecule has 0 bridgehead atoms. The Balaban J connectivity index is 0.000000175. The van der Waals surface area contributed by atoms with Gasteiger partial charge in [-0.1, -0.05) is 60.4 Å². The average molecular weight is 632 g/mol. The standard InChI is InChI=1S/C23H13.C15H16N3O3.Fe/c1-2-5-16(4-1)8-9-17-10-11-20-13-12-18-6-3-7-19-14-15-21(17)23(20)22(18)19;1-10(19)16-14-7-13(8-15(18-14)17-11(2)20)21-9-12-5-3-4-6-12;/h1-7,10-15H;3-8H,9H2,1-2H3,(H2,16,17,18,19,20);/q;;+2. The van der Waals surface area contributed by atoms with E-state index >= 15 is 0 Å². The molecule has 0 atom stereocenters. The Labute approximate surface area is 275 Å². The normalized spacial score (nSPS) is 14.8. The van der Waals surface area contributed by atoms with Crippen LogP contribution in [0.3, 0.4) is 0 Å². The molecule has 2 saturated carbocycles. The van der Waals surface area contributed by atoms with Gasteiger partial charge in [-0.3, -0.25) is 9.59 Å². The van der Waals surface area contributed by atoms with Crippen molar-refractivity contribution < 1.29 is 31.4 Å². The summed E-state index contributed by atoms with van der Waals surface area (Å²) >= 11 is 0. The van der Waals surface area contributed by atoms with Gasteiger partial charge in [-0.25, -0.2) is 4.98 Å². The Morgan fingerprint density at radius 2 is 1.27 bits per heavy atom. The van der Waals surface area contributed by atoms with Gasteiger partial charge in [-0.15, -0.1) is 0 Å². The second-order valence-corrected chi connectivity index (χ2v) is 10.4. The zero-order valence-corrected chi connectivity index (χ0v) is 25.8. The maximum atomic E-state index is 11.1. The third kappa shape index (κ3) is 7.95. The first-order chi connectivity index (χ1) is 21.4. The van der Waals surface area contributed by atoms with Crippen LogP contribution in [0.15, 0.2) is 66.7 Å². The van der Waals surface area contributed by atoms with E-state index in [1.165, 1.54) is 46.2 Å². The minimum atomic E-state index is -0.246. The Hall–Kier alpha value is -4.11. The molecule has 2 N–H and O–H groups in total. The predicted molar refractivity (Wildman–Crippen MR) is 176 cm³/mol. The van der Waals surface area contributed by atoms with E-state index in [1.54, 1.807) is 12.1 Å². The van der Waals surface area contributed by atoms with Gasteiger partial charge in [-0.05, 0) is 89.8 Å². The number of carbonyl (C=O) groups is 2. The van der Waals surface area contributed by atoms with Crippen LogP contribution in [0.5, 0.6) is 5.75 Å². The number of benzene rings is 4. The molecular formula is C38H29FeN3O3+2. The second kappa shape index (κ2) is 14.8. The second-order valence-electron chi connectivity index (χ2n) is 10.4. The van der Waals surface area contributed by atoms with E-state index in [0.717, 1.165) is 17.4 Å². The minimum absolute atomic E-state index is 0. The molecule has 2 fully saturated rings. The van der Waals surface area contributed by atoms with Gasteiger partial charge in [0.15, 0.2) is 0 Å². The molecular weight excluding hydrogens is 602 g/mol. The van der Waals surface area contributed by atoms with Crippen molar-refractivity contribution in [2.45, 2.75) is 13.8 Å². The number of rotatable bonds is 5. The predicted octanol–water partition coefficient (Wildman–Crippen LogP) is 7.12. The van der Waals surface area contributed by atoms with Gasteiger partial charge in [0.05, 0.1) is 12.5 Å². The van der Waals surface area contributed by atoms with Gasteiger partial charge < -0.3 is 15.4 Å². The number of pyridine rings is 1. The number of carbonyl (C=O) groups excluding carboxylic acids is 2. The molecule has 45 heavy (non-hydrogen) atoms. The van der Waals surface area contributed by atoms with Crippen LogP contribution in [0.1, 0.15) is 19.4 Å². The van der Waals surface area contributed by atoms with E-state index in [2.05, 4.69) is 82.1 Å². The van der Waals surface area contributed by atoms with E-state index in [4.69, 9.17) is 4.74 Å². The number of hydrogen-bond donors (Lipinski definition) is 2. The maximum Gasteiger partial charge on any atom is 2.00 e. The van der Waals surface area contributed by atoms with Gasteiger partial charge in [0, 0.05) is 37.5 Å². The number of hydrogen-bond acceptors (Lipinski definition) is 4. The van der Waals surface area contributed by atoms with Gasteiger partial charge >= 0.3 is 17.1 Å². The molecule has 6 nitrogen and oxygen atoms in total. The summed E-state index contributed by atoms with van der Waals surface area (Å²) in [6.45, 7) is 3.17. The van der Waals surface area contributed by atoms with Crippen molar-refractivity contribution in [1.29, 1.82) is 0 Å². The van der Waals surface area contributed by atoms with Gasteiger partial charge in [0.1, 0.15) is 17.4 Å². The van der Waals surface area contributed by atoms with Gasteiger partial charge in [0.25, 0.3) is 0 Å². The molecule has 4 aromatic carbocycles. The molecule has 2 aliphatic rings. The van der Waals surface area contributed by atoms with E-state index in [1.807, 2.05) is 51.4 Å². The molecule has 5 aromatic rings. The summed E-state index contributed by atoms with van der Waals surface area (Å²) < 4.78 is 5.65. The minimum Gasteiger partial charge on any atom is -0.493 e. The van der Waals surface area contributed by atoms with Crippen LogP contribution >= 0.6 is 0 Å². The maximum absolute atomic E-state index is 11.1. The molecule has 220 valence electrons. The number of nitrogens with zero attached hydrogens (tertiary/aromatic N) is 1. The Morgan fingerprint density at radius 1 is 0.711 bits per heavy atom. The summed E-state index contributed by atoms with van der Waals surface area (Å²) in [7, 11) is 0. The average Bonchev–Trinajstić information content (AvgIpc) is 3.73. The van der Waals surface area contributed by atoms with Crippen LogP contribution in [-0.4, -0.2) is 23.4 Å². The molecule has 2 aliphatic carbocycles. The van der Waals surface area contributed by atoms with Crippen molar-refractivity contribution in [3.63, 3.8) is 0 Å². The molecule has 2 amide bonds. The summed E-state index contributed by atoms with van der Waals surface area (Å²) in [6, 6.07) is 22.9. The quantitative estimate of drug-likeness (QED) is 0.123. The summed E-state index contributed by atoms with van der Waals surface area (Å²) in [5.74, 6) is 9.39. The van der Waals surface area contributed by atoms with Crippen LogP contribution in [-0.2, 0) is 26.7 Å². The van der Waals surface area contributed by atoms with E-state index in [9.17, 15) is 9.59 Å². The van der Waals surface area contributed by atoms with Gasteiger partial charge in [-0.2, -0.15) is 0 Å². The largest absolute Gasteiger partial charge is 2.00 e. The molecule has 0 aliphatic heterocycles. The van der Waals surface area contributed by atoms with Crippen LogP contribution in [0.2, 0.25) is 0 Å². The van der Waals surface area contributed by atoms with Crippen molar-refractivity contribution >= 4 is 55.8 Å². The van der Waals surface area contributed by atoms with E-state index in [-0.39, 0.29) is 28.9 Å². The fourth-order valence-corrected chi connectivity index (χ4v) is 5.20. The SMILES string of the molecule is C(#Cc1ccc2ccc3cccc4ccc1c2c34)[C]1[CH][CH][CH][CH]1.CC(=O)Nc1cc(OC[C]2[CH][CH][CH][CH]2)cc(NC(C)=O)n1.[Fe+2]. The third-order valence-electron chi connectivity index (χ3n) is 7.08. The number of ether oxygens (including phenoxy) is 1. The third-order valence-corrected chi connectivity index (χ3v) is 7.08. The summed E-state index contributed by atoms with van der Waals surface area (Å²) in [5.41, 5.74) is 1.09. The zero-order valence-electron chi connectivity index (χ0n) is 24.7. The summed E-state index contributed by atoms with van der Waals surface area (Å²) in [5, 5.41) is 12.9. The molecule has 10 radical (unpaired) electrons. The number of aromatic nitrogens is 1. The Morgan fingerprint density at radius 3 is 1.89 bits per heavy atom. The van der Waals surface area contributed by atoms with Crippen molar-refractivity contribution in [3.05, 3.63) is 135 Å². The first-order valence-electron chi connectivity index (χ1n) is 14.2. The fraction of sp³-hybridized carbons (Fsp3) is 0.0789. The van der Waals surface area contributed by atoms with Crippen molar-refractivity contribution in [1.82, 2.24) is 4.98 Å². The smallest absolute Gasteiger partial charge is 0.493 e. The summed E-state index contributed by atoms with van der Waals surface area (Å²) in [4.78, 5) is 26.4. The molecule has 1 heterocycles. The van der Waals surface area contributed by atoms with Crippen molar-refractivity contribution in [2.75, 3.05) is 17.2 Å². The monoisotopic (exact) mass is 631 g/mol. The molecule has 7 rings (SSSR count). The van der Waals surface area contributed by atoms with Crippen LogP contribution in [0.25, 0.3) is 32.3 Å². The molecule has 0 spiro atoms. The first kappa shape index (κ1) is 32.3. The van der Waals surface area contributed by atoms with Gasteiger partial charge in [0.2, 0.25) is 11.8 Å². The molecule has 7 heteroatoms. The number of nitrogens with one attached hydrogen (secondary N) is 2. The number of anilines is 2. The van der Waals surface area contributed by atoms with Crippen LogP contribution in [0, 0.1) is 75.0 Å². The molecule has 0 saturated heterocycles. The Bertz CT molecular complexity index is 1810. The topological polar surface area (TPSA) is 80.3 Å². The van der Waals surface area contributed by atoms with E-state index < -0.39 is 0 Å². The Kier molecular flexibility index (Phi) is 10.6. The first-order valence-corrected chi connectivity index (χ1v) is 14.2. The van der Waals surface area contributed by atoms with Crippen LogP contribution in [0.4, 0.5) is 11.6 Å². The van der Waals surface area contributed by atoms with Crippen LogP contribution < -0.4 is 15.4 Å². The summed E-state index contributed by atoms with van der Waals surface area (Å²) in [6.07, 6.45) is 15.9. The molecule has 1 aromatic heterocycles.